The monoisotopic (exact) mass is 478 g/mol. The molecule has 1 aliphatic heterocycles. The van der Waals surface area contributed by atoms with Gasteiger partial charge in [-0.15, -0.1) is 0 Å². The molecule has 0 saturated heterocycles. The lowest BCUT2D eigenvalue weighted by Gasteiger charge is -2.24. The van der Waals surface area contributed by atoms with E-state index in [4.69, 9.17) is 9.47 Å². The average molecular weight is 479 g/mol. The van der Waals surface area contributed by atoms with E-state index >= 15 is 0 Å². The van der Waals surface area contributed by atoms with Crippen LogP contribution in [0.3, 0.4) is 0 Å². The van der Waals surface area contributed by atoms with Crippen molar-refractivity contribution in [3.8, 4) is 11.5 Å². The van der Waals surface area contributed by atoms with Crippen LogP contribution in [0.5, 0.6) is 11.5 Å². The van der Waals surface area contributed by atoms with Crippen molar-refractivity contribution in [2.75, 3.05) is 13.2 Å². The van der Waals surface area contributed by atoms with Crippen molar-refractivity contribution in [1.82, 2.24) is 4.57 Å². The van der Waals surface area contributed by atoms with Gasteiger partial charge in [-0.25, -0.2) is 9.79 Å². The molecule has 0 spiro atoms. The Morgan fingerprint density at radius 1 is 1.15 bits per heavy atom. The highest BCUT2D eigenvalue weighted by Crippen LogP contribution is 2.31. The molecule has 0 radical (unpaired) electrons. The van der Waals surface area contributed by atoms with Gasteiger partial charge >= 0.3 is 5.97 Å². The Morgan fingerprint density at radius 3 is 2.56 bits per heavy atom. The van der Waals surface area contributed by atoms with Crippen molar-refractivity contribution in [2.45, 2.75) is 33.7 Å². The molecule has 176 valence electrons. The fraction of sp³-hybridized carbons (Fsp3) is 0.269. The first-order chi connectivity index (χ1) is 16.3. The Bertz CT molecular complexity index is 1450. The Kier molecular flexibility index (Phi) is 6.70. The van der Waals surface area contributed by atoms with Crippen molar-refractivity contribution in [2.24, 2.45) is 4.99 Å². The van der Waals surface area contributed by atoms with Crippen molar-refractivity contribution < 1.29 is 19.4 Å². The number of carbonyl (C=O) groups excluding carboxylic acids is 1. The molecule has 0 aliphatic carbocycles. The molecule has 3 aromatic rings. The highest BCUT2D eigenvalue weighted by atomic mass is 32.1. The van der Waals surface area contributed by atoms with Gasteiger partial charge in [-0.05, 0) is 57.0 Å². The highest BCUT2D eigenvalue weighted by Gasteiger charge is 2.33. The van der Waals surface area contributed by atoms with E-state index in [-0.39, 0.29) is 17.9 Å². The molecule has 8 heteroatoms. The van der Waals surface area contributed by atoms with Crippen LogP contribution in [0.25, 0.3) is 6.08 Å². The summed E-state index contributed by atoms with van der Waals surface area (Å²) in [5.74, 6) is -0.0972. The number of hydrogen-bond acceptors (Lipinski definition) is 7. The number of thiazole rings is 1. The summed E-state index contributed by atoms with van der Waals surface area (Å²) in [5.41, 5.74) is 3.22. The second-order valence-corrected chi connectivity index (χ2v) is 8.88. The van der Waals surface area contributed by atoms with E-state index in [1.165, 1.54) is 17.4 Å². The maximum atomic E-state index is 13.6. The molecule has 1 aromatic heterocycles. The Labute approximate surface area is 200 Å². The number of allylic oxidation sites excluding steroid dienone is 1. The predicted octanol–water partition coefficient (Wildman–Crippen LogP) is 3.21. The largest absolute Gasteiger partial charge is 0.504 e. The number of aromatic hydroxyl groups is 1. The van der Waals surface area contributed by atoms with Crippen LogP contribution in [-0.2, 0) is 9.53 Å². The van der Waals surface area contributed by atoms with Gasteiger partial charge in [0.2, 0.25) is 0 Å². The van der Waals surface area contributed by atoms with Crippen molar-refractivity contribution in [1.29, 1.82) is 0 Å². The number of carbonyl (C=O) groups is 1. The molecule has 0 saturated carbocycles. The van der Waals surface area contributed by atoms with Gasteiger partial charge in [-0.3, -0.25) is 9.36 Å². The highest BCUT2D eigenvalue weighted by molar-refractivity contribution is 7.07. The van der Waals surface area contributed by atoms with Gasteiger partial charge in [0.05, 0.1) is 35.1 Å². The third kappa shape index (κ3) is 4.41. The van der Waals surface area contributed by atoms with Gasteiger partial charge in [0.15, 0.2) is 16.3 Å². The number of aryl methyl sites for hydroxylation is 1. The maximum absolute atomic E-state index is 13.6. The number of phenolic OH excluding ortho intramolecular Hbond substituents is 1. The van der Waals surface area contributed by atoms with Crippen molar-refractivity contribution in [3.63, 3.8) is 0 Å². The van der Waals surface area contributed by atoms with Crippen molar-refractivity contribution in [3.05, 3.63) is 90.1 Å². The topological polar surface area (TPSA) is 90.1 Å². The Balaban J connectivity index is 1.91. The van der Waals surface area contributed by atoms with Gasteiger partial charge in [0.1, 0.15) is 0 Å². The number of benzene rings is 2. The van der Waals surface area contributed by atoms with E-state index in [0.29, 0.717) is 38.5 Å². The summed E-state index contributed by atoms with van der Waals surface area (Å²) < 4.78 is 12.8. The predicted molar refractivity (Wildman–Crippen MR) is 131 cm³/mol. The van der Waals surface area contributed by atoms with Crippen LogP contribution < -0.4 is 19.6 Å². The molecule has 1 aliphatic rings. The first-order valence-electron chi connectivity index (χ1n) is 11.1. The number of nitrogens with zero attached hydrogens (tertiary/aromatic N) is 2. The normalized spacial score (nSPS) is 15.6. The number of phenols is 1. The average Bonchev–Trinajstić information content (AvgIpc) is 3.10. The minimum atomic E-state index is -0.642. The van der Waals surface area contributed by atoms with E-state index in [2.05, 4.69) is 4.99 Å². The first-order valence-corrected chi connectivity index (χ1v) is 11.9. The molecule has 4 rings (SSSR count). The van der Waals surface area contributed by atoms with Crippen LogP contribution in [0, 0.1) is 6.92 Å². The molecule has 0 unspecified atom stereocenters. The summed E-state index contributed by atoms with van der Waals surface area (Å²) in [5, 5.41) is 9.99. The zero-order chi connectivity index (χ0) is 24.4. The molecule has 0 fully saturated rings. The molecular formula is C26H26N2O5S. The molecule has 2 heterocycles. The number of aromatic nitrogens is 1. The molecule has 1 N–H and O–H groups in total. The zero-order valence-corrected chi connectivity index (χ0v) is 20.3. The third-order valence-electron chi connectivity index (χ3n) is 5.49. The molecule has 34 heavy (non-hydrogen) atoms. The second kappa shape index (κ2) is 9.69. The van der Waals surface area contributed by atoms with Gasteiger partial charge in [0, 0.05) is 0 Å². The van der Waals surface area contributed by atoms with E-state index in [0.717, 1.165) is 11.1 Å². The lowest BCUT2D eigenvalue weighted by molar-refractivity contribution is -0.139. The summed E-state index contributed by atoms with van der Waals surface area (Å²) >= 11 is 1.25. The van der Waals surface area contributed by atoms with Crippen LogP contribution in [0.4, 0.5) is 0 Å². The summed E-state index contributed by atoms with van der Waals surface area (Å²) in [7, 11) is 0. The minimum Gasteiger partial charge on any atom is -0.504 e. The van der Waals surface area contributed by atoms with Crippen LogP contribution in [-0.4, -0.2) is 28.9 Å². The number of rotatable bonds is 6. The van der Waals surface area contributed by atoms with Crippen LogP contribution in [0.2, 0.25) is 0 Å². The molecular weight excluding hydrogens is 452 g/mol. The maximum Gasteiger partial charge on any atom is 0.338 e. The SMILES string of the molecule is CCOC(=O)C1=C(C)N=c2s/c(=C\c3ccc(O)c(OCC)c3)c(=O)n2[C@H]1c1ccc(C)cc1. The third-order valence-corrected chi connectivity index (χ3v) is 6.47. The van der Waals surface area contributed by atoms with Crippen LogP contribution >= 0.6 is 11.3 Å². The van der Waals surface area contributed by atoms with Gasteiger partial charge < -0.3 is 14.6 Å². The first kappa shape index (κ1) is 23.5. The van der Waals surface area contributed by atoms with Gasteiger partial charge in [-0.1, -0.05) is 47.2 Å². The quantitative estimate of drug-likeness (QED) is 0.550. The number of esters is 1. The van der Waals surface area contributed by atoms with Crippen molar-refractivity contribution >= 4 is 23.4 Å². The van der Waals surface area contributed by atoms with E-state index in [1.54, 1.807) is 36.6 Å². The smallest absolute Gasteiger partial charge is 0.338 e. The van der Waals surface area contributed by atoms with E-state index in [1.807, 2.05) is 38.1 Å². The lowest BCUT2D eigenvalue weighted by Crippen LogP contribution is -2.39. The molecule has 0 amide bonds. The summed E-state index contributed by atoms with van der Waals surface area (Å²) in [6, 6.07) is 12.0. The number of fused-ring (bicyclic) bond motifs is 1. The second-order valence-electron chi connectivity index (χ2n) is 7.87. The Hall–Kier alpha value is -3.65. The van der Waals surface area contributed by atoms with E-state index in [9.17, 15) is 14.7 Å². The zero-order valence-electron chi connectivity index (χ0n) is 19.5. The Morgan fingerprint density at radius 2 is 1.88 bits per heavy atom. The molecule has 1 atom stereocenters. The summed E-state index contributed by atoms with van der Waals surface area (Å²) in [6.07, 6.45) is 1.74. The fourth-order valence-electron chi connectivity index (χ4n) is 3.90. The van der Waals surface area contributed by atoms with Crippen LogP contribution in [0.1, 0.15) is 43.5 Å². The molecule has 0 bridgehead atoms. The lowest BCUT2D eigenvalue weighted by atomic mass is 9.95. The molecule has 7 nitrogen and oxygen atoms in total. The van der Waals surface area contributed by atoms with E-state index < -0.39 is 12.0 Å². The summed E-state index contributed by atoms with van der Waals surface area (Å²) in [6.45, 7) is 7.96. The fourth-order valence-corrected chi connectivity index (χ4v) is 4.95. The van der Waals surface area contributed by atoms with Gasteiger partial charge in [-0.2, -0.15) is 0 Å². The number of ether oxygens (including phenoxy) is 2. The number of hydrogen-bond donors (Lipinski definition) is 1. The van der Waals surface area contributed by atoms with Crippen LogP contribution in [0.15, 0.2) is 63.5 Å². The summed E-state index contributed by atoms with van der Waals surface area (Å²) in [4.78, 5) is 31.6. The van der Waals surface area contributed by atoms with Gasteiger partial charge in [0.25, 0.3) is 5.56 Å². The molecule has 2 aromatic carbocycles. The minimum absolute atomic E-state index is 0.0366. The standard InChI is InChI=1S/C26H26N2O5S/c1-5-32-20-13-17(9-12-19(20)29)14-21-24(30)28-23(18-10-7-15(3)8-11-18)22(25(31)33-6-2)16(4)27-26(28)34-21/h7-14,23,29H,5-6H2,1-4H3/b21-14-/t23-/m0/s1.